The van der Waals surface area contributed by atoms with Gasteiger partial charge >= 0.3 is 5.97 Å². The summed E-state index contributed by atoms with van der Waals surface area (Å²) < 4.78 is 31.1. The molecule has 1 fully saturated rings. The first-order valence-corrected chi connectivity index (χ1v) is 7.73. The van der Waals surface area contributed by atoms with Crippen LogP contribution >= 0.6 is 0 Å². The van der Waals surface area contributed by atoms with Gasteiger partial charge in [-0.25, -0.2) is 13.6 Å². The quantitative estimate of drug-likeness (QED) is 0.832. The van der Waals surface area contributed by atoms with Crippen LogP contribution in [0.1, 0.15) is 31.2 Å². The zero-order valence-electron chi connectivity index (χ0n) is 13.3. The van der Waals surface area contributed by atoms with Crippen LogP contribution in [0.15, 0.2) is 18.2 Å². The fourth-order valence-electron chi connectivity index (χ4n) is 2.96. The number of benzene rings is 1. The van der Waals surface area contributed by atoms with Crippen LogP contribution in [-0.2, 0) is 25.5 Å². The number of hydrogen-bond donors (Lipinski definition) is 1. The van der Waals surface area contributed by atoms with Gasteiger partial charge in [0.05, 0.1) is 13.5 Å². The maximum Gasteiger partial charge on any atom is 0.328 e. The predicted molar refractivity (Wildman–Crippen MR) is 81.0 cm³/mol. The van der Waals surface area contributed by atoms with Gasteiger partial charge < -0.3 is 10.1 Å². The van der Waals surface area contributed by atoms with Crippen molar-refractivity contribution in [3.8, 4) is 0 Å². The number of rotatable bonds is 5. The zero-order valence-corrected chi connectivity index (χ0v) is 13.3. The lowest BCUT2D eigenvalue weighted by molar-refractivity contribution is -0.147. The summed E-state index contributed by atoms with van der Waals surface area (Å²) in [7, 11) is 1.20. The molecular formula is C17H19F2NO4. The summed E-state index contributed by atoms with van der Waals surface area (Å²) in [5, 5.41) is 2.53. The van der Waals surface area contributed by atoms with Gasteiger partial charge in [-0.15, -0.1) is 0 Å². The number of carbonyl (C=O) groups is 3. The number of ketones is 1. The van der Waals surface area contributed by atoms with Crippen LogP contribution in [0.5, 0.6) is 0 Å². The van der Waals surface area contributed by atoms with Gasteiger partial charge in [-0.2, -0.15) is 0 Å². The summed E-state index contributed by atoms with van der Waals surface area (Å²) in [5.74, 6) is -3.03. The molecule has 1 N–H and O–H groups in total. The molecule has 0 unspecified atom stereocenters. The Hall–Kier alpha value is -2.31. The SMILES string of the molecule is COC(=O)[C@H](NC(=O)Cc1cc(F)cc(F)c1)[C@H]1CCCC(=O)C1. The third-order valence-corrected chi connectivity index (χ3v) is 4.05. The molecule has 0 bridgehead atoms. The molecule has 0 radical (unpaired) electrons. The largest absolute Gasteiger partial charge is 0.467 e. The number of hydrogen-bond acceptors (Lipinski definition) is 4. The first-order chi connectivity index (χ1) is 11.4. The van der Waals surface area contributed by atoms with Crippen molar-refractivity contribution in [1.82, 2.24) is 5.32 Å². The highest BCUT2D eigenvalue weighted by molar-refractivity contribution is 5.87. The summed E-state index contributed by atoms with van der Waals surface area (Å²) in [4.78, 5) is 35.7. The van der Waals surface area contributed by atoms with Crippen molar-refractivity contribution < 1.29 is 27.9 Å². The van der Waals surface area contributed by atoms with Gasteiger partial charge in [-0.1, -0.05) is 0 Å². The molecule has 1 aliphatic carbocycles. The van der Waals surface area contributed by atoms with Crippen LogP contribution in [-0.4, -0.2) is 30.8 Å². The fraction of sp³-hybridized carbons (Fsp3) is 0.471. The minimum atomic E-state index is -0.940. The van der Waals surface area contributed by atoms with Gasteiger partial charge in [-0.05, 0) is 36.5 Å². The lowest BCUT2D eigenvalue weighted by Crippen LogP contribution is -2.48. The van der Waals surface area contributed by atoms with E-state index in [-0.39, 0.29) is 30.1 Å². The standard InChI is InChI=1S/C17H19F2NO4/c1-24-17(23)16(11-3-2-4-14(21)8-11)20-15(22)7-10-5-12(18)9-13(19)6-10/h5-6,9,11,16H,2-4,7-8H2,1H3,(H,20,22)/t11-,16+/m0/s1. The average Bonchev–Trinajstić information content (AvgIpc) is 2.50. The number of ether oxygens (including phenoxy) is 1. The smallest absolute Gasteiger partial charge is 0.328 e. The van der Waals surface area contributed by atoms with Gasteiger partial charge in [0.25, 0.3) is 0 Å². The molecule has 0 aliphatic heterocycles. The van der Waals surface area contributed by atoms with Crippen molar-refractivity contribution in [3.05, 3.63) is 35.4 Å². The third-order valence-electron chi connectivity index (χ3n) is 4.05. The second-order valence-corrected chi connectivity index (χ2v) is 5.92. The fourth-order valence-corrected chi connectivity index (χ4v) is 2.96. The molecule has 0 heterocycles. The number of amides is 1. The van der Waals surface area contributed by atoms with Crippen LogP contribution in [0.2, 0.25) is 0 Å². The van der Waals surface area contributed by atoms with Crippen LogP contribution in [0, 0.1) is 17.6 Å². The molecular weight excluding hydrogens is 320 g/mol. The summed E-state index contributed by atoms with van der Waals surface area (Å²) in [6.45, 7) is 0. The minimum Gasteiger partial charge on any atom is -0.467 e. The highest BCUT2D eigenvalue weighted by Crippen LogP contribution is 2.25. The molecule has 1 aliphatic rings. The molecule has 1 amide bonds. The molecule has 2 rings (SSSR count). The monoisotopic (exact) mass is 339 g/mol. The minimum absolute atomic E-state index is 0.0432. The number of Topliss-reactive ketones (excluding diaryl/α,β-unsaturated/α-hetero) is 1. The Morgan fingerprint density at radius 2 is 1.96 bits per heavy atom. The number of nitrogens with one attached hydrogen (secondary N) is 1. The van der Waals surface area contributed by atoms with E-state index in [1.165, 1.54) is 7.11 Å². The van der Waals surface area contributed by atoms with Crippen LogP contribution < -0.4 is 5.32 Å². The molecule has 7 heteroatoms. The molecule has 0 spiro atoms. The molecule has 1 saturated carbocycles. The Morgan fingerprint density at radius 3 is 2.54 bits per heavy atom. The number of esters is 1. The molecule has 130 valence electrons. The van der Waals surface area contributed by atoms with E-state index in [1.54, 1.807) is 0 Å². The normalized spacial score (nSPS) is 18.8. The summed E-state index contributed by atoms with van der Waals surface area (Å²) in [6.07, 6.45) is 1.68. The molecule has 1 aromatic rings. The number of methoxy groups -OCH3 is 1. The highest BCUT2D eigenvalue weighted by atomic mass is 19.1. The van der Waals surface area contributed by atoms with Gasteiger partial charge in [0, 0.05) is 18.9 Å². The van der Waals surface area contributed by atoms with E-state index in [2.05, 4.69) is 5.32 Å². The van der Waals surface area contributed by atoms with E-state index in [0.717, 1.165) is 12.1 Å². The van der Waals surface area contributed by atoms with Crippen molar-refractivity contribution in [3.63, 3.8) is 0 Å². The third kappa shape index (κ3) is 4.84. The van der Waals surface area contributed by atoms with Crippen LogP contribution in [0.25, 0.3) is 0 Å². The van der Waals surface area contributed by atoms with E-state index in [1.807, 2.05) is 0 Å². The lowest BCUT2D eigenvalue weighted by Gasteiger charge is -2.28. The molecule has 0 saturated heterocycles. The molecule has 24 heavy (non-hydrogen) atoms. The maximum atomic E-state index is 13.2. The lowest BCUT2D eigenvalue weighted by atomic mass is 9.83. The second-order valence-electron chi connectivity index (χ2n) is 5.92. The van der Waals surface area contributed by atoms with E-state index in [0.29, 0.717) is 25.3 Å². The Labute approximate surface area is 138 Å². The summed E-state index contributed by atoms with van der Waals surface area (Å²) in [5.41, 5.74) is 0.160. The van der Waals surface area contributed by atoms with E-state index in [4.69, 9.17) is 4.74 Å². The first-order valence-electron chi connectivity index (χ1n) is 7.73. The summed E-state index contributed by atoms with van der Waals surface area (Å²) >= 11 is 0. The molecule has 5 nitrogen and oxygen atoms in total. The van der Waals surface area contributed by atoms with Crippen molar-refractivity contribution in [2.75, 3.05) is 7.11 Å². The number of carbonyl (C=O) groups excluding carboxylic acids is 3. The highest BCUT2D eigenvalue weighted by Gasteiger charge is 2.34. The topological polar surface area (TPSA) is 72.5 Å². The predicted octanol–water partition coefficient (Wildman–Crippen LogP) is 1.92. The van der Waals surface area contributed by atoms with E-state index >= 15 is 0 Å². The second kappa shape index (κ2) is 7.99. The molecule has 1 aromatic carbocycles. The first kappa shape index (κ1) is 18.0. The summed E-state index contributed by atoms with van der Waals surface area (Å²) in [6, 6.07) is 1.89. The molecule has 2 atom stereocenters. The van der Waals surface area contributed by atoms with Crippen molar-refractivity contribution in [2.45, 2.75) is 38.1 Å². The van der Waals surface area contributed by atoms with Gasteiger partial charge in [0.1, 0.15) is 23.5 Å². The van der Waals surface area contributed by atoms with Gasteiger partial charge in [-0.3, -0.25) is 9.59 Å². The van der Waals surface area contributed by atoms with E-state index < -0.39 is 29.6 Å². The average molecular weight is 339 g/mol. The Balaban J connectivity index is 2.06. The van der Waals surface area contributed by atoms with Crippen LogP contribution in [0.4, 0.5) is 8.78 Å². The van der Waals surface area contributed by atoms with Gasteiger partial charge in [0.15, 0.2) is 0 Å². The Morgan fingerprint density at radius 1 is 1.29 bits per heavy atom. The van der Waals surface area contributed by atoms with Crippen molar-refractivity contribution >= 4 is 17.7 Å². The Bertz CT molecular complexity index is 627. The molecule has 0 aromatic heterocycles. The van der Waals surface area contributed by atoms with Crippen LogP contribution in [0.3, 0.4) is 0 Å². The van der Waals surface area contributed by atoms with Gasteiger partial charge in [0.2, 0.25) is 5.91 Å². The van der Waals surface area contributed by atoms with Crippen molar-refractivity contribution in [1.29, 1.82) is 0 Å². The number of halogens is 2. The Kier molecular flexibility index (Phi) is 6.00. The van der Waals surface area contributed by atoms with E-state index in [9.17, 15) is 23.2 Å². The maximum absolute atomic E-state index is 13.2. The zero-order chi connectivity index (χ0) is 17.7. The van der Waals surface area contributed by atoms with Crippen molar-refractivity contribution in [2.24, 2.45) is 5.92 Å².